The second kappa shape index (κ2) is 11.0. The summed E-state index contributed by atoms with van der Waals surface area (Å²) in [5, 5.41) is 0.110. The van der Waals surface area contributed by atoms with E-state index in [4.69, 9.17) is 9.79 Å². The van der Waals surface area contributed by atoms with Gasteiger partial charge in [0, 0.05) is 0 Å². The van der Waals surface area contributed by atoms with Gasteiger partial charge in [0.25, 0.3) is 0 Å². The quantitative estimate of drug-likeness (QED) is 0.422. The molecule has 0 radical (unpaired) electrons. The maximum atomic E-state index is 11.1. The summed E-state index contributed by atoms with van der Waals surface area (Å²) < 4.78 is 11.1. The molecule has 0 heterocycles. The number of rotatable bonds is 12. The van der Waals surface area contributed by atoms with Crippen LogP contribution in [0.5, 0.6) is 0 Å². The van der Waals surface area contributed by atoms with Gasteiger partial charge in [0.2, 0.25) is 0 Å². The van der Waals surface area contributed by atoms with Crippen molar-refractivity contribution in [3.8, 4) is 0 Å². The first-order chi connectivity index (χ1) is 10.5. The van der Waals surface area contributed by atoms with Gasteiger partial charge >= 0.3 is 7.60 Å². The Morgan fingerprint density at radius 1 is 0.773 bits per heavy atom. The standard InChI is InChI=1S/C18H31O3P/c1-2-3-4-5-6-7-8-9-10-11-12-17-13-15-18(16-14-17)22(19,20)21/h13-16H,2-12H2,1H3,(H2,19,20,21). The van der Waals surface area contributed by atoms with E-state index < -0.39 is 7.60 Å². The third kappa shape index (κ3) is 8.73. The van der Waals surface area contributed by atoms with Gasteiger partial charge in [-0.05, 0) is 30.5 Å². The second-order valence-corrected chi connectivity index (χ2v) is 7.75. The Labute approximate surface area is 135 Å². The molecule has 0 amide bonds. The predicted octanol–water partition coefficient (Wildman–Crippen LogP) is 4.95. The Morgan fingerprint density at radius 2 is 1.23 bits per heavy atom. The molecule has 0 unspecified atom stereocenters. The lowest BCUT2D eigenvalue weighted by molar-refractivity contribution is 0.387. The molecule has 4 heteroatoms. The van der Waals surface area contributed by atoms with Gasteiger partial charge < -0.3 is 9.79 Å². The zero-order chi connectivity index (χ0) is 16.3. The van der Waals surface area contributed by atoms with E-state index in [9.17, 15) is 4.57 Å². The van der Waals surface area contributed by atoms with Gasteiger partial charge in [0.1, 0.15) is 0 Å². The van der Waals surface area contributed by atoms with E-state index in [-0.39, 0.29) is 5.30 Å². The van der Waals surface area contributed by atoms with Crippen LogP contribution in [0.3, 0.4) is 0 Å². The van der Waals surface area contributed by atoms with Crippen molar-refractivity contribution in [2.24, 2.45) is 0 Å². The minimum absolute atomic E-state index is 0.110. The molecule has 126 valence electrons. The SMILES string of the molecule is CCCCCCCCCCCCc1ccc(P(=O)(O)O)cc1. The van der Waals surface area contributed by atoms with Crippen molar-refractivity contribution < 1.29 is 14.4 Å². The zero-order valence-electron chi connectivity index (χ0n) is 13.8. The molecule has 0 saturated heterocycles. The summed E-state index contributed by atoms with van der Waals surface area (Å²) in [5.41, 5.74) is 1.16. The fraction of sp³-hybridized carbons (Fsp3) is 0.667. The number of aryl methyl sites for hydroxylation is 1. The van der Waals surface area contributed by atoms with Crippen LogP contribution in [0.25, 0.3) is 0 Å². The maximum Gasteiger partial charge on any atom is 0.356 e. The van der Waals surface area contributed by atoms with E-state index in [1.807, 2.05) is 12.1 Å². The molecule has 0 fully saturated rings. The van der Waals surface area contributed by atoms with Gasteiger partial charge in [-0.15, -0.1) is 0 Å². The zero-order valence-corrected chi connectivity index (χ0v) is 14.7. The molecule has 0 spiro atoms. The lowest BCUT2D eigenvalue weighted by atomic mass is 10.0. The normalized spacial score (nSPS) is 11.8. The van der Waals surface area contributed by atoms with Crippen molar-refractivity contribution in [2.75, 3.05) is 0 Å². The molecule has 1 aromatic rings. The highest BCUT2D eigenvalue weighted by Gasteiger charge is 2.15. The number of hydrogen-bond acceptors (Lipinski definition) is 1. The van der Waals surface area contributed by atoms with Crippen molar-refractivity contribution in [2.45, 2.75) is 77.6 Å². The Hall–Kier alpha value is -0.630. The molecule has 0 aromatic heterocycles. The van der Waals surface area contributed by atoms with Gasteiger partial charge in [0.05, 0.1) is 5.30 Å². The summed E-state index contributed by atoms with van der Waals surface area (Å²) in [7, 11) is -4.09. The molecular weight excluding hydrogens is 295 g/mol. The van der Waals surface area contributed by atoms with E-state index in [1.54, 1.807) is 12.1 Å². The minimum Gasteiger partial charge on any atom is -0.321 e. The molecule has 22 heavy (non-hydrogen) atoms. The first-order valence-electron chi connectivity index (χ1n) is 8.69. The largest absolute Gasteiger partial charge is 0.356 e. The molecule has 0 aliphatic heterocycles. The molecule has 1 rings (SSSR count). The van der Waals surface area contributed by atoms with E-state index in [1.165, 1.54) is 57.8 Å². The van der Waals surface area contributed by atoms with E-state index >= 15 is 0 Å². The monoisotopic (exact) mass is 326 g/mol. The molecule has 0 saturated carbocycles. The Kier molecular flexibility index (Phi) is 9.70. The maximum absolute atomic E-state index is 11.1. The summed E-state index contributed by atoms with van der Waals surface area (Å²) in [6.07, 6.45) is 14.2. The lowest BCUT2D eigenvalue weighted by Crippen LogP contribution is -2.03. The van der Waals surface area contributed by atoms with Gasteiger partial charge in [-0.1, -0.05) is 76.8 Å². The Morgan fingerprint density at radius 3 is 1.68 bits per heavy atom. The lowest BCUT2D eigenvalue weighted by Gasteiger charge is -2.06. The molecular formula is C18H31O3P. The van der Waals surface area contributed by atoms with Crippen LogP contribution in [0, 0.1) is 0 Å². The van der Waals surface area contributed by atoms with Crippen LogP contribution < -0.4 is 5.30 Å². The van der Waals surface area contributed by atoms with Crippen molar-refractivity contribution in [3.63, 3.8) is 0 Å². The average molecular weight is 326 g/mol. The number of hydrogen-bond donors (Lipinski definition) is 2. The highest BCUT2D eigenvalue weighted by atomic mass is 31.2. The first-order valence-corrected chi connectivity index (χ1v) is 10.3. The van der Waals surface area contributed by atoms with Gasteiger partial charge in [0.15, 0.2) is 0 Å². The molecule has 0 bridgehead atoms. The van der Waals surface area contributed by atoms with Crippen LogP contribution in [-0.4, -0.2) is 9.79 Å². The van der Waals surface area contributed by atoms with Crippen LogP contribution in [0.1, 0.15) is 76.7 Å². The van der Waals surface area contributed by atoms with Gasteiger partial charge in [-0.2, -0.15) is 0 Å². The molecule has 3 nitrogen and oxygen atoms in total. The number of benzene rings is 1. The van der Waals surface area contributed by atoms with Crippen molar-refractivity contribution in [3.05, 3.63) is 29.8 Å². The summed E-state index contributed by atoms with van der Waals surface area (Å²) in [6.45, 7) is 2.25. The van der Waals surface area contributed by atoms with Gasteiger partial charge in [-0.25, -0.2) is 0 Å². The number of unbranched alkanes of at least 4 members (excludes halogenated alkanes) is 9. The third-order valence-corrected chi connectivity index (χ3v) is 5.06. The molecule has 2 N–H and O–H groups in total. The Balaban J connectivity index is 2.04. The van der Waals surface area contributed by atoms with Crippen LogP contribution >= 0.6 is 7.60 Å². The van der Waals surface area contributed by atoms with E-state index in [2.05, 4.69) is 6.92 Å². The molecule has 1 aromatic carbocycles. The van der Waals surface area contributed by atoms with Crippen molar-refractivity contribution in [1.29, 1.82) is 0 Å². The Bertz CT molecular complexity index is 436. The molecule has 0 aliphatic rings. The van der Waals surface area contributed by atoms with E-state index in [0.29, 0.717) is 0 Å². The van der Waals surface area contributed by atoms with Crippen LogP contribution in [-0.2, 0) is 11.0 Å². The first kappa shape index (κ1) is 19.4. The van der Waals surface area contributed by atoms with Crippen LogP contribution in [0.2, 0.25) is 0 Å². The highest BCUT2D eigenvalue weighted by Crippen LogP contribution is 2.32. The summed E-state index contributed by atoms with van der Waals surface area (Å²) in [4.78, 5) is 18.1. The van der Waals surface area contributed by atoms with E-state index in [0.717, 1.165) is 18.4 Å². The van der Waals surface area contributed by atoms with Gasteiger partial charge in [-0.3, -0.25) is 4.57 Å². The highest BCUT2D eigenvalue weighted by molar-refractivity contribution is 7.60. The third-order valence-electron chi connectivity index (χ3n) is 4.09. The summed E-state index contributed by atoms with van der Waals surface area (Å²) >= 11 is 0. The van der Waals surface area contributed by atoms with Crippen molar-refractivity contribution in [1.82, 2.24) is 0 Å². The predicted molar refractivity (Wildman–Crippen MR) is 93.7 cm³/mol. The van der Waals surface area contributed by atoms with Crippen LogP contribution in [0.4, 0.5) is 0 Å². The molecule has 0 atom stereocenters. The summed E-state index contributed by atoms with van der Waals surface area (Å²) in [6, 6.07) is 6.77. The smallest absolute Gasteiger partial charge is 0.321 e. The minimum atomic E-state index is -4.09. The second-order valence-electron chi connectivity index (χ2n) is 6.14. The topological polar surface area (TPSA) is 57.5 Å². The molecule has 0 aliphatic carbocycles. The summed E-state index contributed by atoms with van der Waals surface area (Å²) in [5.74, 6) is 0. The fourth-order valence-corrected chi connectivity index (χ4v) is 3.21. The van der Waals surface area contributed by atoms with Crippen LogP contribution in [0.15, 0.2) is 24.3 Å². The fourth-order valence-electron chi connectivity index (χ4n) is 2.67. The van der Waals surface area contributed by atoms with Crippen molar-refractivity contribution >= 4 is 12.9 Å². The average Bonchev–Trinajstić information content (AvgIpc) is 2.49.